The SMILES string of the molecule is CCC1COC(=O)N1C1CCN(C(=O)c2cnc3cc(C)nn3c2C)CC1. The highest BCUT2D eigenvalue weighted by atomic mass is 16.6. The molecule has 27 heavy (non-hydrogen) atoms. The van der Waals surface area contributed by atoms with Crippen LogP contribution in [0.4, 0.5) is 4.79 Å². The van der Waals surface area contributed by atoms with E-state index in [0.717, 1.165) is 36.3 Å². The average Bonchev–Trinajstić information content (AvgIpc) is 3.24. The summed E-state index contributed by atoms with van der Waals surface area (Å²) in [6.07, 6.45) is 3.86. The maximum atomic E-state index is 13.0. The number of rotatable bonds is 3. The number of fused-ring (bicyclic) bond motifs is 1. The highest BCUT2D eigenvalue weighted by Crippen LogP contribution is 2.26. The van der Waals surface area contributed by atoms with Gasteiger partial charge in [-0.15, -0.1) is 0 Å². The van der Waals surface area contributed by atoms with Crippen LogP contribution in [0.3, 0.4) is 0 Å². The lowest BCUT2D eigenvalue weighted by atomic mass is 10.0. The van der Waals surface area contributed by atoms with Gasteiger partial charge in [-0.25, -0.2) is 14.3 Å². The van der Waals surface area contributed by atoms with Crippen molar-refractivity contribution in [3.8, 4) is 0 Å². The monoisotopic (exact) mass is 371 g/mol. The number of hydrogen-bond donors (Lipinski definition) is 0. The third-order valence-electron chi connectivity index (χ3n) is 5.70. The third kappa shape index (κ3) is 3.02. The first-order chi connectivity index (χ1) is 13.0. The summed E-state index contributed by atoms with van der Waals surface area (Å²) in [7, 11) is 0. The highest BCUT2D eigenvalue weighted by molar-refractivity contribution is 5.95. The Bertz CT molecular complexity index is 885. The van der Waals surface area contributed by atoms with Gasteiger partial charge in [0.25, 0.3) is 5.91 Å². The fourth-order valence-electron chi connectivity index (χ4n) is 4.12. The number of carbonyl (C=O) groups is 2. The van der Waals surface area contributed by atoms with Gasteiger partial charge in [-0.1, -0.05) is 6.92 Å². The van der Waals surface area contributed by atoms with Crippen molar-refractivity contribution in [3.05, 3.63) is 29.2 Å². The average molecular weight is 371 g/mol. The van der Waals surface area contributed by atoms with Gasteiger partial charge in [0.05, 0.1) is 23.0 Å². The molecule has 1 unspecified atom stereocenters. The van der Waals surface area contributed by atoms with Gasteiger partial charge in [0.1, 0.15) is 6.61 Å². The summed E-state index contributed by atoms with van der Waals surface area (Å²) in [5.41, 5.74) is 3.00. The molecule has 2 aliphatic heterocycles. The van der Waals surface area contributed by atoms with Crippen molar-refractivity contribution in [1.82, 2.24) is 24.4 Å². The fourth-order valence-corrected chi connectivity index (χ4v) is 4.12. The molecule has 2 fully saturated rings. The Morgan fingerprint density at radius 1 is 1.30 bits per heavy atom. The Labute approximate surface area is 158 Å². The van der Waals surface area contributed by atoms with Gasteiger partial charge in [0, 0.05) is 31.4 Å². The summed E-state index contributed by atoms with van der Waals surface area (Å²) in [6, 6.07) is 2.19. The van der Waals surface area contributed by atoms with Crippen molar-refractivity contribution in [2.24, 2.45) is 0 Å². The van der Waals surface area contributed by atoms with Crippen molar-refractivity contribution >= 4 is 17.6 Å². The van der Waals surface area contributed by atoms with Crippen molar-refractivity contribution < 1.29 is 14.3 Å². The molecule has 0 aliphatic carbocycles. The Hall–Kier alpha value is -2.64. The molecule has 2 amide bonds. The van der Waals surface area contributed by atoms with E-state index in [1.54, 1.807) is 10.7 Å². The molecular formula is C19H25N5O3. The molecule has 0 bridgehead atoms. The Balaban J connectivity index is 1.47. The molecule has 8 heteroatoms. The molecule has 8 nitrogen and oxygen atoms in total. The number of aryl methyl sites for hydroxylation is 2. The van der Waals surface area contributed by atoms with Gasteiger partial charge < -0.3 is 9.64 Å². The lowest BCUT2D eigenvalue weighted by Crippen LogP contribution is -2.49. The summed E-state index contributed by atoms with van der Waals surface area (Å²) >= 11 is 0. The lowest BCUT2D eigenvalue weighted by Gasteiger charge is -2.37. The minimum absolute atomic E-state index is 0.0236. The number of cyclic esters (lactones) is 1. The number of aromatic nitrogens is 3. The van der Waals surface area contributed by atoms with E-state index in [4.69, 9.17) is 4.74 Å². The number of ether oxygens (including phenoxy) is 1. The van der Waals surface area contributed by atoms with E-state index in [1.807, 2.05) is 29.7 Å². The maximum Gasteiger partial charge on any atom is 0.410 e. The summed E-state index contributed by atoms with van der Waals surface area (Å²) < 4.78 is 6.94. The van der Waals surface area contributed by atoms with E-state index >= 15 is 0 Å². The predicted molar refractivity (Wildman–Crippen MR) is 98.7 cm³/mol. The summed E-state index contributed by atoms with van der Waals surface area (Å²) in [5.74, 6) is -0.0236. The number of hydrogen-bond acceptors (Lipinski definition) is 5. The summed E-state index contributed by atoms with van der Waals surface area (Å²) in [4.78, 5) is 33.2. The largest absolute Gasteiger partial charge is 0.447 e. The molecule has 2 aromatic heterocycles. The predicted octanol–water partition coefficient (Wildman–Crippen LogP) is 2.18. The van der Waals surface area contributed by atoms with Crippen LogP contribution in [0.2, 0.25) is 0 Å². The molecule has 1 atom stereocenters. The zero-order valence-electron chi connectivity index (χ0n) is 16.0. The Morgan fingerprint density at radius 2 is 2.04 bits per heavy atom. The maximum absolute atomic E-state index is 13.0. The first-order valence-corrected chi connectivity index (χ1v) is 9.56. The summed E-state index contributed by atoms with van der Waals surface area (Å²) in [5, 5.41) is 4.42. The summed E-state index contributed by atoms with van der Waals surface area (Å²) in [6.45, 7) is 7.60. The lowest BCUT2D eigenvalue weighted by molar-refractivity contribution is 0.0633. The van der Waals surface area contributed by atoms with Gasteiger partial charge in [0.15, 0.2) is 5.65 Å². The Morgan fingerprint density at radius 3 is 2.74 bits per heavy atom. The molecule has 144 valence electrons. The van der Waals surface area contributed by atoms with Crippen molar-refractivity contribution in [2.75, 3.05) is 19.7 Å². The number of amides is 2. The Kier molecular flexibility index (Phi) is 4.49. The molecule has 0 N–H and O–H groups in total. The second-order valence-electron chi connectivity index (χ2n) is 7.38. The number of likely N-dealkylation sites (tertiary alicyclic amines) is 1. The van der Waals surface area contributed by atoms with Crippen molar-refractivity contribution in [3.63, 3.8) is 0 Å². The van der Waals surface area contributed by atoms with E-state index in [-0.39, 0.29) is 24.1 Å². The molecule has 2 aliphatic rings. The molecular weight excluding hydrogens is 346 g/mol. The first-order valence-electron chi connectivity index (χ1n) is 9.56. The zero-order valence-corrected chi connectivity index (χ0v) is 16.0. The van der Waals surface area contributed by atoms with Crippen LogP contribution in [0, 0.1) is 13.8 Å². The molecule has 0 spiro atoms. The van der Waals surface area contributed by atoms with Crippen LogP contribution in [0.1, 0.15) is 47.9 Å². The van der Waals surface area contributed by atoms with Crippen molar-refractivity contribution in [1.29, 1.82) is 0 Å². The van der Waals surface area contributed by atoms with Gasteiger partial charge in [0.2, 0.25) is 0 Å². The van der Waals surface area contributed by atoms with Crippen molar-refractivity contribution in [2.45, 2.75) is 52.1 Å². The molecule has 4 heterocycles. The fraction of sp³-hybridized carbons (Fsp3) is 0.579. The van der Waals surface area contributed by atoms with Crippen LogP contribution in [-0.4, -0.2) is 68.2 Å². The van der Waals surface area contributed by atoms with Crippen LogP contribution in [0.5, 0.6) is 0 Å². The topological polar surface area (TPSA) is 80.0 Å². The minimum atomic E-state index is -0.217. The first kappa shape index (κ1) is 17.8. The molecule has 2 saturated heterocycles. The number of piperidine rings is 1. The van der Waals surface area contributed by atoms with Crippen LogP contribution in [0.15, 0.2) is 12.3 Å². The minimum Gasteiger partial charge on any atom is -0.447 e. The molecule has 2 aromatic rings. The number of nitrogens with zero attached hydrogens (tertiary/aromatic N) is 5. The van der Waals surface area contributed by atoms with E-state index in [9.17, 15) is 9.59 Å². The highest BCUT2D eigenvalue weighted by Gasteiger charge is 2.39. The van der Waals surface area contributed by atoms with Crippen LogP contribution in [-0.2, 0) is 4.74 Å². The van der Waals surface area contributed by atoms with Gasteiger partial charge in [-0.3, -0.25) is 9.69 Å². The van der Waals surface area contributed by atoms with Gasteiger partial charge in [-0.2, -0.15) is 5.10 Å². The van der Waals surface area contributed by atoms with E-state index in [2.05, 4.69) is 17.0 Å². The third-order valence-corrected chi connectivity index (χ3v) is 5.70. The van der Waals surface area contributed by atoms with Gasteiger partial charge >= 0.3 is 6.09 Å². The second-order valence-corrected chi connectivity index (χ2v) is 7.38. The van der Waals surface area contributed by atoms with Crippen LogP contribution >= 0.6 is 0 Å². The van der Waals surface area contributed by atoms with Crippen LogP contribution < -0.4 is 0 Å². The van der Waals surface area contributed by atoms with Gasteiger partial charge in [-0.05, 0) is 33.1 Å². The van der Waals surface area contributed by atoms with E-state index < -0.39 is 0 Å². The standard InChI is InChI=1S/C19H25N5O3/c1-4-14-11-27-19(26)23(14)15-5-7-22(8-6-15)18(25)16-10-20-17-9-12(2)21-24(17)13(16)3/h9-10,14-15H,4-8,11H2,1-3H3. The molecule has 0 aromatic carbocycles. The van der Waals surface area contributed by atoms with Crippen LogP contribution in [0.25, 0.3) is 5.65 Å². The smallest absolute Gasteiger partial charge is 0.410 e. The normalized spacial score (nSPS) is 21.1. The molecule has 0 radical (unpaired) electrons. The quantitative estimate of drug-likeness (QED) is 0.826. The molecule has 0 saturated carbocycles. The second kappa shape index (κ2) is 6.83. The van der Waals surface area contributed by atoms with E-state index in [1.165, 1.54) is 0 Å². The number of carbonyl (C=O) groups excluding carboxylic acids is 2. The molecule has 4 rings (SSSR count). The van der Waals surface area contributed by atoms with E-state index in [0.29, 0.717) is 25.3 Å². The zero-order chi connectivity index (χ0) is 19.1.